The molecule has 1 saturated heterocycles. The number of aryl methyl sites for hydroxylation is 2. The number of alkyl carbamates (subject to hydrolysis) is 1. The third kappa shape index (κ3) is 1.37. The van der Waals surface area contributed by atoms with Crippen molar-refractivity contribution in [2.24, 2.45) is 7.05 Å². The van der Waals surface area contributed by atoms with E-state index in [-0.39, 0.29) is 12.1 Å². The lowest BCUT2D eigenvalue weighted by atomic mass is 10.2. The van der Waals surface area contributed by atoms with E-state index in [0.717, 1.165) is 11.4 Å². The van der Waals surface area contributed by atoms with Crippen LogP contribution in [0.2, 0.25) is 0 Å². The number of carbonyl (C=O) groups excluding carboxylic acids is 1. The summed E-state index contributed by atoms with van der Waals surface area (Å²) in [4.78, 5) is 10.8. The van der Waals surface area contributed by atoms with E-state index in [1.807, 2.05) is 20.0 Å². The van der Waals surface area contributed by atoms with Crippen molar-refractivity contribution >= 4 is 6.09 Å². The lowest BCUT2D eigenvalue weighted by Crippen LogP contribution is -2.20. The molecular formula is C8H11N3O2. The Bertz CT molecular complexity index is 345. The molecule has 1 unspecified atom stereocenters. The topological polar surface area (TPSA) is 56.1 Å². The molecule has 1 amide bonds. The Morgan fingerprint density at radius 2 is 2.54 bits per heavy atom. The summed E-state index contributed by atoms with van der Waals surface area (Å²) in [5.41, 5.74) is 1.92. The molecule has 1 atom stereocenters. The number of hydrogen-bond acceptors (Lipinski definition) is 3. The molecule has 5 heteroatoms. The summed E-state index contributed by atoms with van der Waals surface area (Å²) >= 11 is 0. The number of cyclic esters (lactones) is 1. The minimum atomic E-state index is -0.358. The van der Waals surface area contributed by atoms with E-state index in [9.17, 15) is 4.79 Å². The number of rotatable bonds is 1. The van der Waals surface area contributed by atoms with Gasteiger partial charge in [0, 0.05) is 7.05 Å². The fourth-order valence-corrected chi connectivity index (χ4v) is 1.50. The van der Waals surface area contributed by atoms with Crippen molar-refractivity contribution < 1.29 is 9.53 Å². The number of carbonyl (C=O) groups is 1. The van der Waals surface area contributed by atoms with Crippen LogP contribution in [0.15, 0.2) is 6.07 Å². The van der Waals surface area contributed by atoms with Gasteiger partial charge in [0.1, 0.15) is 12.6 Å². The zero-order valence-corrected chi connectivity index (χ0v) is 7.57. The Morgan fingerprint density at radius 1 is 1.77 bits per heavy atom. The van der Waals surface area contributed by atoms with Gasteiger partial charge in [0.15, 0.2) is 0 Å². The van der Waals surface area contributed by atoms with E-state index in [0.29, 0.717) is 6.61 Å². The highest BCUT2D eigenvalue weighted by molar-refractivity contribution is 5.69. The molecular weight excluding hydrogens is 170 g/mol. The molecule has 2 rings (SSSR count). The van der Waals surface area contributed by atoms with Crippen molar-refractivity contribution in [3.8, 4) is 0 Å². The first-order valence-electron chi connectivity index (χ1n) is 4.10. The average molecular weight is 181 g/mol. The van der Waals surface area contributed by atoms with Gasteiger partial charge in [0.25, 0.3) is 0 Å². The first-order chi connectivity index (χ1) is 6.16. The lowest BCUT2D eigenvalue weighted by molar-refractivity contribution is 0.176. The summed E-state index contributed by atoms with van der Waals surface area (Å²) in [6.45, 7) is 2.30. The maximum absolute atomic E-state index is 10.8. The molecule has 5 nitrogen and oxygen atoms in total. The van der Waals surface area contributed by atoms with Crippen LogP contribution < -0.4 is 5.32 Å². The minimum Gasteiger partial charge on any atom is -0.447 e. The van der Waals surface area contributed by atoms with Gasteiger partial charge in [-0.1, -0.05) is 0 Å². The van der Waals surface area contributed by atoms with Crippen LogP contribution in [0.3, 0.4) is 0 Å². The standard InChI is InChI=1S/C8H11N3O2/c1-5-3-7(11(2)10-5)6-4-13-8(12)9-6/h3,6H,4H2,1-2H3,(H,9,12). The zero-order valence-electron chi connectivity index (χ0n) is 7.57. The Kier molecular flexibility index (Phi) is 1.72. The summed E-state index contributed by atoms with van der Waals surface area (Å²) in [6, 6.07) is 1.89. The zero-order chi connectivity index (χ0) is 9.42. The molecule has 0 saturated carbocycles. The van der Waals surface area contributed by atoms with Gasteiger partial charge < -0.3 is 10.1 Å². The highest BCUT2D eigenvalue weighted by atomic mass is 16.6. The van der Waals surface area contributed by atoms with Gasteiger partial charge >= 0.3 is 6.09 Å². The van der Waals surface area contributed by atoms with Crippen LogP contribution in [0.1, 0.15) is 17.4 Å². The second-order valence-electron chi connectivity index (χ2n) is 3.13. The summed E-state index contributed by atoms with van der Waals surface area (Å²) in [7, 11) is 1.85. The van der Waals surface area contributed by atoms with Crippen molar-refractivity contribution in [2.45, 2.75) is 13.0 Å². The Morgan fingerprint density at radius 3 is 3.00 bits per heavy atom. The number of nitrogens with one attached hydrogen (secondary N) is 1. The van der Waals surface area contributed by atoms with Gasteiger partial charge in [-0.15, -0.1) is 0 Å². The number of amides is 1. The van der Waals surface area contributed by atoms with E-state index in [1.54, 1.807) is 4.68 Å². The van der Waals surface area contributed by atoms with Gasteiger partial charge in [-0.2, -0.15) is 5.10 Å². The molecule has 1 aromatic rings. The van der Waals surface area contributed by atoms with Crippen LogP contribution in [0.4, 0.5) is 4.79 Å². The van der Waals surface area contributed by atoms with E-state index in [1.165, 1.54) is 0 Å². The first kappa shape index (κ1) is 8.10. The number of ether oxygens (including phenoxy) is 1. The monoisotopic (exact) mass is 181 g/mol. The highest BCUT2D eigenvalue weighted by Crippen LogP contribution is 2.17. The molecule has 2 heterocycles. The average Bonchev–Trinajstić information content (AvgIpc) is 2.58. The van der Waals surface area contributed by atoms with Crippen LogP contribution >= 0.6 is 0 Å². The second-order valence-corrected chi connectivity index (χ2v) is 3.13. The highest BCUT2D eigenvalue weighted by Gasteiger charge is 2.26. The SMILES string of the molecule is Cc1cc(C2COC(=O)N2)n(C)n1. The largest absolute Gasteiger partial charge is 0.447 e. The fraction of sp³-hybridized carbons (Fsp3) is 0.500. The molecule has 1 aliphatic heterocycles. The van der Waals surface area contributed by atoms with Crippen molar-refractivity contribution in [1.82, 2.24) is 15.1 Å². The van der Waals surface area contributed by atoms with Gasteiger partial charge in [-0.3, -0.25) is 4.68 Å². The van der Waals surface area contributed by atoms with Gasteiger partial charge in [-0.05, 0) is 13.0 Å². The maximum Gasteiger partial charge on any atom is 0.407 e. The van der Waals surface area contributed by atoms with E-state index < -0.39 is 0 Å². The summed E-state index contributed by atoms with van der Waals surface area (Å²) in [5.74, 6) is 0. The number of aromatic nitrogens is 2. The maximum atomic E-state index is 10.8. The summed E-state index contributed by atoms with van der Waals surface area (Å²) < 4.78 is 6.55. The molecule has 1 aromatic heterocycles. The minimum absolute atomic E-state index is 0.0568. The molecule has 0 aromatic carbocycles. The fourth-order valence-electron chi connectivity index (χ4n) is 1.50. The molecule has 13 heavy (non-hydrogen) atoms. The molecule has 0 aliphatic carbocycles. The van der Waals surface area contributed by atoms with Gasteiger partial charge in [0.2, 0.25) is 0 Å². The summed E-state index contributed by atoms with van der Waals surface area (Å²) in [5, 5.41) is 6.89. The van der Waals surface area contributed by atoms with Crippen LogP contribution in [0.5, 0.6) is 0 Å². The van der Waals surface area contributed by atoms with E-state index in [4.69, 9.17) is 4.74 Å². The molecule has 0 bridgehead atoms. The van der Waals surface area contributed by atoms with Gasteiger partial charge in [-0.25, -0.2) is 4.79 Å². The number of nitrogens with zero attached hydrogens (tertiary/aromatic N) is 2. The van der Waals surface area contributed by atoms with Crippen LogP contribution in [-0.4, -0.2) is 22.5 Å². The van der Waals surface area contributed by atoms with Crippen molar-refractivity contribution in [3.63, 3.8) is 0 Å². The lowest BCUT2D eigenvalue weighted by Gasteiger charge is -2.06. The quantitative estimate of drug-likeness (QED) is 0.686. The van der Waals surface area contributed by atoms with Gasteiger partial charge in [0.05, 0.1) is 11.4 Å². The smallest absolute Gasteiger partial charge is 0.407 e. The van der Waals surface area contributed by atoms with Crippen molar-refractivity contribution in [2.75, 3.05) is 6.61 Å². The Balaban J connectivity index is 2.25. The molecule has 0 radical (unpaired) electrons. The van der Waals surface area contributed by atoms with Crippen molar-refractivity contribution in [1.29, 1.82) is 0 Å². The number of hydrogen-bond donors (Lipinski definition) is 1. The Hall–Kier alpha value is -1.52. The van der Waals surface area contributed by atoms with Crippen molar-refractivity contribution in [3.05, 3.63) is 17.5 Å². The summed E-state index contributed by atoms with van der Waals surface area (Å²) in [6.07, 6.45) is -0.358. The normalized spacial score (nSPS) is 21.4. The second kappa shape index (κ2) is 2.76. The van der Waals surface area contributed by atoms with Crippen LogP contribution in [0.25, 0.3) is 0 Å². The molecule has 0 spiro atoms. The predicted molar refractivity (Wildman–Crippen MR) is 45.2 cm³/mol. The van der Waals surface area contributed by atoms with Crippen LogP contribution in [0, 0.1) is 6.92 Å². The molecule has 1 fully saturated rings. The van der Waals surface area contributed by atoms with Crippen LogP contribution in [-0.2, 0) is 11.8 Å². The third-order valence-electron chi connectivity index (χ3n) is 2.07. The van der Waals surface area contributed by atoms with E-state index >= 15 is 0 Å². The predicted octanol–water partition coefficient (Wildman–Crippen LogP) is 0.509. The Labute approximate surface area is 75.7 Å². The van der Waals surface area contributed by atoms with E-state index in [2.05, 4.69) is 10.4 Å². The molecule has 1 N–H and O–H groups in total. The molecule has 70 valence electrons. The first-order valence-corrected chi connectivity index (χ1v) is 4.10. The third-order valence-corrected chi connectivity index (χ3v) is 2.07. The molecule has 1 aliphatic rings.